The molecule has 0 heterocycles. The number of rotatable bonds is 3. The smallest absolute Gasteiger partial charge is 0.0119 e. The molecule has 0 atom stereocenters. The van der Waals surface area contributed by atoms with Crippen LogP contribution in [-0.4, -0.2) is 0 Å². The van der Waals surface area contributed by atoms with Gasteiger partial charge in [-0.15, -0.1) is 0 Å². The highest BCUT2D eigenvalue weighted by Gasteiger charge is 2.23. The summed E-state index contributed by atoms with van der Waals surface area (Å²) in [5, 5.41) is 4.45. The Labute approximate surface area is 153 Å². The lowest BCUT2D eigenvalue weighted by Gasteiger charge is -2.26. The first-order valence-corrected chi connectivity index (χ1v) is 10.2. The van der Waals surface area contributed by atoms with Gasteiger partial charge < -0.3 is 0 Å². The molecule has 0 spiro atoms. The summed E-state index contributed by atoms with van der Waals surface area (Å²) in [5.41, 5.74) is 8.41. The van der Waals surface area contributed by atoms with E-state index >= 15 is 0 Å². The first-order chi connectivity index (χ1) is 11.9. The molecular weight excluding hydrogens is 319 g/mol. The lowest BCUT2D eigenvalue weighted by Crippen LogP contribution is -2.26. The maximum Gasteiger partial charge on any atom is -0.0119 e. The van der Waals surface area contributed by atoms with Gasteiger partial charge in [0.2, 0.25) is 0 Å². The van der Waals surface area contributed by atoms with Crippen LogP contribution in [-0.2, 0) is 0 Å². The Bertz CT molecular complexity index is 799. The van der Waals surface area contributed by atoms with E-state index in [-0.39, 0.29) is 0 Å². The molecule has 3 rings (SSSR count). The Morgan fingerprint density at radius 1 is 0.440 bits per heavy atom. The molecule has 0 bridgehead atoms. The third-order valence-electron chi connectivity index (χ3n) is 5.45. The van der Waals surface area contributed by atoms with Crippen LogP contribution in [0, 0.1) is 41.5 Å². The number of aryl methyl sites for hydroxylation is 3. The van der Waals surface area contributed by atoms with Gasteiger partial charge in [0.05, 0.1) is 0 Å². The molecule has 0 nitrogen and oxygen atoms in total. The second-order valence-corrected chi connectivity index (χ2v) is 9.11. The molecule has 3 aromatic rings. The largest absolute Gasteiger partial charge is 0.0613 e. The third kappa shape index (κ3) is 3.29. The minimum atomic E-state index is -0.557. The lowest BCUT2D eigenvalue weighted by molar-refractivity contribution is 1.35. The summed E-state index contributed by atoms with van der Waals surface area (Å²) in [6.45, 7) is 13.5. The molecule has 0 amide bonds. The van der Waals surface area contributed by atoms with Crippen LogP contribution < -0.4 is 15.9 Å². The van der Waals surface area contributed by atoms with E-state index in [9.17, 15) is 0 Å². The molecule has 1 heteroatoms. The van der Waals surface area contributed by atoms with Crippen molar-refractivity contribution in [2.75, 3.05) is 0 Å². The minimum Gasteiger partial charge on any atom is -0.0613 e. The van der Waals surface area contributed by atoms with Crippen molar-refractivity contribution in [2.24, 2.45) is 0 Å². The van der Waals surface area contributed by atoms with Crippen molar-refractivity contribution in [1.29, 1.82) is 0 Å². The average molecular weight is 346 g/mol. The number of hydrogen-bond acceptors (Lipinski definition) is 0. The van der Waals surface area contributed by atoms with Crippen LogP contribution in [0.15, 0.2) is 54.6 Å². The van der Waals surface area contributed by atoms with Crippen LogP contribution >= 0.6 is 7.92 Å². The van der Waals surface area contributed by atoms with Crippen LogP contribution in [0.2, 0.25) is 0 Å². The van der Waals surface area contributed by atoms with Gasteiger partial charge in [-0.3, -0.25) is 0 Å². The van der Waals surface area contributed by atoms with Crippen molar-refractivity contribution >= 4 is 23.8 Å². The molecule has 0 unspecified atom stereocenters. The third-order valence-corrected chi connectivity index (χ3v) is 8.35. The van der Waals surface area contributed by atoms with Crippen LogP contribution in [0.5, 0.6) is 0 Å². The molecule has 3 aromatic carbocycles. The Hall–Kier alpha value is -1.91. The van der Waals surface area contributed by atoms with Gasteiger partial charge in [0.15, 0.2) is 0 Å². The zero-order valence-electron chi connectivity index (χ0n) is 16.1. The number of hydrogen-bond donors (Lipinski definition) is 0. The highest BCUT2D eigenvalue weighted by molar-refractivity contribution is 7.80. The first-order valence-electron chi connectivity index (χ1n) is 8.90. The van der Waals surface area contributed by atoms with Gasteiger partial charge in [-0.2, -0.15) is 0 Å². The predicted octanol–water partition coefficient (Wildman–Crippen LogP) is 5.30. The summed E-state index contributed by atoms with van der Waals surface area (Å²) in [4.78, 5) is 0. The van der Waals surface area contributed by atoms with Crippen LogP contribution in [0.4, 0.5) is 0 Å². The molecule has 0 aliphatic heterocycles. The SMILES string of the molecule is Cc1cccc(P(c2cccc(C)c2C)c2cccc(C)c2C)c1C. The Morgan fingerprint density at radius 3 is 1.00 bits per heavy atom. The maximum absolute atomic E-state index is 2.33. The van der Waals surface area contributed by atoms with Gasteiger partial charge in [-0.25, -0.2) is 0 Å². The zero-order valence-corrected chi connectivity index (χ0v) is 17.0. The summed E-state index contributed by atoms with van der Waals surface area (Å²) >= 11 is 0. The van der Waals surface area contributed by atoms with Gasteiger partial charge in [-0.1, -0.05) is 54.6 Å². The van der Waals surface area contributed by atoms with E-state index < -0.39 is 7.92 Å². The van der Waals surface area contributed by atoms with Crippen molar-refractivity contribution < 1.29 is 0 Å². The summed E-state index contributed by atoms with van der Waals surface area (Å²) < 4.78 is 0. The first kappa shape index (κ1) is 17.9. The fraction of sp³-hybridized carbons (Fsp3) is 0.250. The fourth-order valence-corrected chi connectivity index (χ4v) is 6.34. The van der Waals surface area contributed by atoms with Crippen LogP contribution in [0.25, 0.3) is 0 Å². The monoisotopic (exact) mass is 346 g/mol. The van der Waals surface area contributed by atoms with E-state index in [4.69, 9.17) is 0 Å². The summed E-state index contributed by atoms with van der Waals surface area (Å²) in [5.74, 6) is 0. The maximum atomic E-state index is 2.33. The summed E-state index contributed by atoms with van der Waals surface area (Å²) in [6.07, 6.45) is 0. The van der Waals surface area contributed by atoms with Crippen molar-refractivity contribution in [3.05, 3.63) is 88.0 Å². The van der Waals surface area contributed by atoms with Gasteiger partial charge >= 0.3 is 0 Å². The van der Waals surface area contributed by atoms with Gasteiger partial charge in [0, 0.05) is 0 Å². The molecule has 128 valence electrons. The Morgan fingerprint density at radius 2 is 0.720 bits per heavy atom. The second-order valence-electron chi connectivity index (χ2n) is 6.99. The second kappa shape index (κ2) is 7.14. The Kier molecular flexibility index (Phi) is 5.11. The van der Waals surface area contributed by atoms with E-state index in [2.05, 4.69) is 96.1 Å². The molecule has 0 N–H and O–H groups in total. The standard InChI is InChI=1S/C24H27P/c1-16-10-7-13-22(19(16)4)25(23-14-8-11-17(2)20(23)5)24-15-9-12-18(3)21(24)6/h7-15H,1-6H3. The zero-order chi connectivity index (χ0) is 18.1. The molecular formula is C24H27P. The molecule has 0 aliphatic rings. The highest BCUT2D eigenvalue weighted by Crippen LogP contribution is 2.37. The highest BCUT2D eigenvalue weighted by atomic mass is 31.1. The van der Waals surface area contributed by atoms with Crippen molar-refractivity contribution in [2.45, 2.75) is 41.5 Å². The molecule has 0 saturated heterocycles. The molecule has 0 saturated carbocycles. The van der Waals surface area contributed by atoms with E-state index in [1.165, 1.54) is 49.3 Å². The average Bonchev–Trinajstić information content (AvgIpc) is 2.59. The topological polar surface area (TPSA) is 0 Å². The van der Waals surface area contributed by atoms with Crippen molar-refractivity contribution in [1.82, 2.24) is 0 Å². The summed E-state index contributed by atoms with van der Waals surface area (Å²) in [7, 11) is -0.557. The quantitative estimate of drug-likeness (QED) is 0.565. The van der Waals surface area contributed by atoms with E-state index in [1.807, 2.05) is 0 Å². The lowest BCUT2D eigenvalue weighted by atomic mass is 10.1. The molecule has 0 aliphatic carbocycles. The minimum absolute atomic E-state index is 0.557. The van der Waals surface area contributed by atoms with E-state index in [0.717, 1.165) is 0 Å². The molecule has 0 fully saturated rings. The van der Waals surface area contributed by atoms with Gasteiger partial charge in [-0.05, 0) is 98.8 Å². The normalized spacial score (nSPS) is 11.2. The van der Waals surface area contributed by atoms with Gasteiger partial charge in [0.25, 0.3) is 0 Å². The van der Waals surface area contributed by atoms with Crippen molar-refractivity contribution in [3.63, 3.8) is 0 Å². The summed E-state index contributed by atoms with van der Waals surface area (Å²) in [6, 6.07) is 20.3. The van der Waals surface area contributed by atoms with Gasteiger partial charge in [0.1, 0.15) is 0 Å². The van der Waals surface area contributed by atoms with Crippen molar-refractivity contribution in [3.8, 4) is 0 Å². The molecule has 0 aromatic heterocycles. The predicted molar refractivity (Wildman–Crippen MR) is 114 cm³/mol. The van der Waals surface area contributed by atoms with E-state index in [1.54, 1.807) is 0 Å². The fourth-order valence-electron chi connectivity index (χ4n) is 3.32. The number of benzene rings is 3. The molecule has 0 radical (unpaired) electrons. The van der Waals surface area contributed by atoms with Crippen LogP contribution in [0.1, 0.15) is 33.4 Å². The van der Waals surface area contributed by atoms with Crippen LogP contribution in [0.3, 0.4) is 0 Å². The Balaban J connectivity index is 2.35. The van der Waals surface area contributed by atoms with E-state index in [0.29, 0.717) is 0 Å². The molecule has 25 heavy (non-hydrogen) atoms.